The number of nitrogens with zero attached hydrogens (tertiary/aromatic N) is 2. The second-order valence-electron chi connectivity index (χ2n) is 4.87. The Morgan fingerprint density at radius 3 is 2.88 bits per heavy atom. The minimum Gasteiger partial charge on any atom is -0.500 e. The third-order valence-electron chi connectivity index (χ3n) is 3.20. The van der Waals surface area contributed by atoms with Crippen molar-refractivity contribution in [3.63, 3.8) is 0 Å². The molecule has 0 amide bonds. The lowest BCUT2D eigenvalue weighted by molar-refractivity contribution is -0.140. The highest BCUT2D eigenvalue weighted by Crippen LogP contribution is 2.22. The summed E-state index contributed by atoms with van der Waals surface area (Å²) in [5.74, 6) is 2.22. The van der Waals surface area contributed by atoms with Crippen LogP contribution >= 0.6 is 11.6 Å². The minimum absolute atomic E-state index is 0.0632. The lowest BCUT2D eigenvalue weighted by Crippen LogP contribution is -2.32. The van der Waals surface area contributed by atoms with Crippen LogP contribution in [0.3, 0.4) is 0 Å². The van der Waals surface area contributed by atoms with Gasteiger partial charge < -0.3 is 18.9 Å². The number of hydrogen-bond donors (Lipinski definition) is 0. The van der Waals surface area contributed by atoms with Crippen LogP contribution in [0.2, 0.25) is 0 Å². The molecule has 0 aromatic heterocycles. The first kappa shape index (κ1) is 18.1. The van der Waals surface area contributed by atoms with E-state index in [2.05, 4.69) is 15.7 Å². The van der Waals surface area contributed by atoms with Gasteiger partial charge in [-0.1, -0.05) is 11.6 Å². The van der Waals surface area contributed by atoms with Crippen molar-refractivity contribution in [2.45, 2.75) is 6.10 Å². The average Bonchev–Trinajstić information content (AvgIpc) is 2.61. The van der Waals surface area contributed by atoms with Crippen LogP contribution in [0, 0.1) is 0 Å². The second-order valence-corrected chi connectivity index (χ2v) is 5.31. The molecule has 0 aromatic rings. The predicted molar refractivity (Wildman–Crippen MR) is 88.4 cm³/mol. The maximum absolute atomic E-state index is 11.7. The van der Waals surface area contributed by atoms with Crippen LogP contribution in [0.4, 0.5) is 0 Å². The summed E-state index contributed by atoms with van der Waals surface area (Å²) in [7, 11) is 2.68. The summed E-state index contributed by atoms with van der Waals surface area (Å²) in [5, 5.41) is 6.66. The van der Waals surface area contributed by atoms with Crippen LogP contribution < -0.4 is 0 Å². The van der Waals surface area contributed by atoms with E-state index in [1.807, 2.05) is 5.01 Å². The van der Waals surface area contributed by atoms with E-state index in [0.29, 0.717) is 36.9 Å². The van der Waals surface area contributed by atoms with Crippen molar-refractivity contribution in [1.29, 1.82) is 0 Å². The van der Waals surface area contributed by atoms with Crippen molar-refractivity contribution in [3.05, 3.63) is 40.9 Å². The zero-order valence-electron chi connectivity index (χ0n) is 13.5. The van der Waals surface area contributed by atoms with Gasteiger partial charge in [-0.05, 0) is 18.2 Å². The molecule has 1 fully saturated rings. The molecule has 24 heavy (non-hydrogen) atoms. The lowest BCUT2D eigenvalue weighted by atomic mass is 10.1. The van der Waals surface area contributed by atoms with Crippen LogP contribution in [-0.2, 0) is 23.7 Å². The Balaban J connectivity index is 2.19. The number of hydrogen-bond acceptors (Lipinski definition) is 7. The number of hydrazone groups is 1. The molecule has 0 saturated carbocycles. The van der Waals surface area contributed by atoms with Crippen molar-refractivity contribution in [3.8, 4) is 0 Å². The molecule has 0 bridgehead atoms. The number of methoxy groups -OCH3 is 2. The number of ether oxygens (including phenoxy) is 4. The van der Waals surface area contributed by atoms with Crippen molar-refractivity contribution in [2.24, 2.45) is 5.10 Å². The third-order valence-corrected chi connectivity index (χ3v) is 3.44. The normalized spacial score (nSPS) is 20.9. The Morgan fingerprint density at radius 1 is 1.46 bits per heavy atom. The Kier molecular flexibility index (Phi) is 6.93. The zero-order chi connectivity index (χ0) is 17.4. The number of esters is 1. The highest BCUT2D eigenvalue weighted by molar-refractivity contribution is 6.31. The quantitative estimate of drug-likeness (QED) is 0.323. The lowest BCUT2D eigenvalue weighted by Gasteiger charge is -2.23. The molecule has 0 spiro atoms. The number of allylic oxidation sites excluding steroid dienone is 2. The number of carbonyl (C=O) groups excluding carboxylic acids is 1. The molecule has 130 valence electrons. The van der Waals surface area contributed by atoms with Gasteiger partial charge >= 0.3 is 5.97 Å². The van der Waals surface area contributed by atoms with Crippen molar-refractivity contribution in [1.82, 2.24) is 5.01 Å². The topological polar surface area (TPSA) is 69.6 Å². The number of rotatable bonds is 5. The summed E-state index contributed by atoms with van der Waals surface area (Å²) in [6.45, 7) is 2.63. The molecule has 1 unspecified atom stereocenters. The third kappa shape index (κ3) is 5.16. The van der Waals surface area contributed by atoms with E-state index in [0.717, 1.165) is 0 Å². The molecular formula is C16H19ClN2O5. The molecule has 1 atom stereocenters. The van der Waals surface area contributed by atoms with Crippen LogP contribution in [-0.4, -0.2) is 63.5 Å². The first-order valence-corrected chi connectivity index (χ1v) is 7.71. The monoisotopic (exact) mass is 354 g/mol. The largest absolute Gasteiger partial charge is 0.500 e. The SMILES string of the molecule is COC=C(OC1C=CC(Cl)=CC1=C=NN1CCOCC1)C(=O)OC. The van der Waals surface area contributed by atoms with Gasteiger partial charge in [0.05, 0.1) is 46.1 Å². The first-order chi connectivity index (χ1) is 11.6. The van der Waals surface area contributed by atoms with E-state index in [1.165, 1.54) is 20.5 Å². The fourth-order valence-corrected chi connectivity index (χ4v) is 2.20. The van der Waals surface area contributed by atoms with Crippen molar-refractivity contribution in [2.75, 3.05) is 40.5 Å². The summed E-state index contributed by atoms with van der Waals surface area (Å²) < 4.78 is 20.4. The summed E-state index contributed by atoms with van der Waals surface area (Å²) in [6, 6.07) is 0. The Hall–Kier alpha value is -2.21. The molecule has 1 heterocycles. The summed E-state index contributed by atoms with van der Waals surface area (Å²) in [6.07, 6.45) is 5.64. The smallest absolute Gasteiger partial charge is 0.376 e. The van der Waals surface area contributed by atoms with Gasteiger partial charge in [-0.25, -0.2) is 4.79 Å². The zero-order valence-corrected chi connectivity index (χ0v) is 14.3. The molecule has 1 aliphatic heterocycles. The Bertz CT molecular complexity index is 614. The van der Waals surface area contributed by atoms with E-state index in [9.17, 15) is 4.79 Å². The Labute approximate surface area is 145 Å². The minimum atomic E-state index is -0.643. The molecule has 1 aliphatic carbocycles. The van der Waals surface area contributed by atoms with Gasteiger partial charge in [-0.2, -0.15) is 0 Å². The van der Waals surface area contributed by atoms with Gasteiger partial charge in [-0.3, -0.25) is 5.01 Å². The average molecular weight is 355 g/mol. The van der Waals surface area contributed by atoms with E-state index < -0.39 is 12.1 Å². The fourth-order valence-electron chi connectivity index (χ4n) is 2.01. The molecule has 8 heteroatoms. The summed E-state index contributed by atoms with van der Waals surface area (Å²) in [4.78, 5) is 11.7. The number of carbonyl (C=O) groups is 1. The van der Waals surface area contributed by atoms with Crippen LogP contribution in [0.1, 0.15) is 0 Å². The summed E-state index contributed by atoms with van der Waals surface area (Å²) >= 11 is 6.04. The van der Waals surface area contributed by atoms with E-state index in [4.69, 9.17) is 25.8 Å². The van der Waals surface area contributed by atoms with Gasteiger partial charge in [0, 0.05) is 10.9 Å². The van der Waals surface area contributed by atoms with Crippen LogP contribution in [0.15, 0.2) is 46.0 Å². The van der Waals surface area contributed by atoms with Gasteiger partial charge in [0.15, 0.2) is 6.10 Å². The molecule has 2 aliphatic rings. The molecule has 0 N–H and O–H groups in total. The van der Waals surface area contributed by atoms with Crippen molar-refractivity contribution >= 4 is 23.4 Å². The van der Waals surface area contributed by atoms with Crippen molar-refractivity contribution < 1.29 is 23.7 Å². The molecule has 1 saturated heterocycles. The highest BCUT2D eigenvalue weighted by Gasteiger charge is 2.22. The van der Waals surface area contributed by atoms with Gasteiger partial charge in [0.2, 0.25) is 5.76 Å². The molecular weight excluding hydrogens is 336 g/mol. The number of morpholine rings is 1. The van der Waals surface area contributed by atoms with E-state index in [-0.39, 0.29) is 5.76 Å². The molecule has 0 radical (unpaired) electrons. The fraction of sp³-hybridized carbons (Fsp3) is 0.438. The number of halogens is 1. The Morgan fingerprint density at radius 2 is 2.21 bits per heavy atom. The van der Waals surface area contributed by atoms with Crippen LogP contribution in [0.5, 0.6) is 0 Å². The van der Waals surface area contributed by atoms with Gasteiger partial charge in [0.1, 0.15) is 6.26 Å². The standard InChI is InChI=1S/C16H19ClN2O5/c1-21-11-15(16(20)22-2)24-14-4-3-13(17)9-12(14)10-18-19-5-7-23-8-6-19/h3-4,9,11,14H,5-8H2,1-2H3. The van der Waals surface area contributed by atoms with Gasteiger partial charge in [0.25, 0.3) is 0 Å². The first-order valence-electron chi connectivity index (χ1n) is 7.33. The molecule has 2 rings (SSSR count). The van der Waals surface area contributed by atoms with Gasteiger partial charge in [-0.15, -0.1) is 5.10 Å². The molecule has 0 aromatic carbocycles. The maximum Gasteiger partial charge on any atom is 0.376 e. The molecule has 7 nitrogen and oxygen atoms in total. The van der Waals surface area contributed by atoms with Crippen LogP contribution in [0.25, 0.3) is 0 Å². The second kappa shape index (κ2) is 9.17. The summed E-state index contributed by atoms with van der Waals surface area (Å²) in [5.41, 5.74) is 0.583. The predicted octanol–water partition coefficient (Wildman–Crippen LogP) is 1.57. The highest BCUT2D eigenvalue weighted by atomic mass is 35.5. The maximum atomic E-state index is 11.7. The van der Waals surface area contributed by atoms with E-state index in [1.54, 1.807) is 18.2 Å². The van der Waals surface area contributed by atoms with E-state index >= 15 is 0 Å².